The van der Waals surface area contributed by atoms with Crippen LogP contribution in [0.1, 0.15) is 30.9 Å². The smallest absolute Gasteiger partial charge is 0.391 e. The fourth-order valence-electron chi connectivity index (χ4n) is 4.87. The number of carbonyl (C=O) groups excluding carboxylic acids is 1. The number of carbonyl (C=O) groups is 1. The molecule has 8 nitrogen and oxygen atoms in total. The molecule has 4 N–H and O–H groups in total. The number of fused-ring (bicyclic) bond motifs is 2. The number of rotatable bonds is 5. The van der Waals surface area contributed by atoms with Crippen molar-refractivity contribution in [3.05, 3.63) is 52.9 Å². The Morgan fingerprint density at radius 2 is 2.03 bits per heavy atom. The number of pyridine rings is 1. The van der Waals surface area contributed by atoms with Crippen LogP contribution >= 0.6 is 15.9 Å². The molecule has 0 saturated heterocycles. The Morgan fingerprint density at radius 1 is 1.22 bits per heavy atom. The summed E-state index contributed by atoms with van der Waals surface area (Å²) < 4.78 is 40.2. The number of aromatic nitrogens is 4. The quantitative estimate of drug-likeness (QED) is 0.322. The van der Waals surface area contributed by atoms with Gasteiger partial charge in [0.1, 0.15) is 23.6 Å². The van der Waals surface area contributed by atoms with Gasteiger partial charge in [-0.3, -0.25) is 4.79 Å². The van der Waals surface area contributed by atoms with Gasteiger partial charge < -0.3 is 20.7 Å². The van der Waals surface area contributed by atoms with Crippen LogP contribution in [0.15, 0.2) is 47.3 Å². The third-order valence-electron chi connectivity index (χ3n) is 6.66. The third-order valence-corrected chi connectivity index (χ3v) is 7.26. The first-order valence-corrected chi connectivity index (χ1v) is 12.1. The highest BCUT2D eigenvalue weighted by Gasteiger charge is 2.39. The third kappa shape index (κ3) is 4.74. The number of hydrogen-bond acceptors (Lipinski definition) is 6. The molecule has 1 fully saturated rings. The largest absolute Gasteiger partial charge is 0.471 e. The number of alkyl halides is 3. The number of aryl methyl sites for hydroxylation is 1. The van der Waals surface area contributed by atoms with Crippen molar-refractivity contribution in [2.24, 2.45) is 5.92 Å². The zero-order chi connectivity index (χ0) is 25.6. The Morgan fingerprint density at radius 3 is 2.81 bits per heavy atom. The van der Waals surface area contributed by atoms with Crippen molar-refractivity contribution < 1.29 is 23.1 Å². The molecule has 0 radical (unpaired) electrons. The van der Waals surface area contributed by atoms with Crippen molar-refractivity contribution in [2.75, 3.05) is 11.1 Å². The summed E-state index contributed by atoms with van der Waals surface area (Å²) in [5, 5.41) is 14.1. The van der Waals surface area contributed by atoms with Crippen molar-refractivity contribution in [1.82, 2.24) is 19.5 Å². The van der Waals surface area contributed by atoms with Crippen LogP contribution in [0.5, 0.6) is 0 Å². The Hall–Kier alpha value is -3.25. The summed E-state index contributed by atoms with van der Waals surface area (Å²) in [6, 6.07) is 8.97. The van der Waals surface area contributed by atoms with Gasteiger partial charge in [0.25, 0.3) is 0 Å². The van der Waals surface area contributed by atoms with Gasteiger partial charge in [0, 0.05) is 11.6 Å². The molecule has 1 saturated carbocycles. The summed E-state index contributed by atoms with van der Waals surface area (Å²) in [6.45, 7) is 0. The zero-order valence-corrected chi connectivity index (χ0v) is 20.4. The Labute approximate surface area is 211 Å². The van der Waals surface area contributed by atoms with E-state index < -0.39 is 18.2 Å². The fraction of sp³-hybridized carbons (Fsp3) is 0.333. The van der Waals surface area contributed by atoms with Crippen LogP contribution in [0.3, 0.4) is 0 Å². The minimum Gasteiger partial charge on any atom is -0.391 e. The summed E-state index contributed by atoms with van der Waals surface area (Å²) in [5.41, 5.74) is 8.09. The number of aliphatic hydroxyl groups excluding tert-OH is 1. The standard InChI is InChI=1S/C24H22BrF3N6O2/c25-16-10-14-4-3-12(7-17(14)32-21(16)33-23(36)24(26,27)28)1-2-13-8-18(19(35)9-13)34-6-5-15-20(29)30-11-31-22(15)34/h3-7,10-11,13,18-19,35H,1-2,8-9H2,(H2,29,30,31)(H,32,33,36)/t13-,18+,19+/m0/s1. The maximum absolute atomic E-state index is 12.6. The molecule has 3 aromatic heterocycles. The molecule has 0 spiro atoms. The van der Waals surface area contributed by atoms with Crippen LogP contribution in [-0.2, 0) is 11.2 Å². The van der Waals surface area contributed by atoms with E-state index in [0.29, 0.717) is 29.8 Å². The highest BCUT2D eigenvalue weighted by Crippen LogP contribution is 2.39. The predicted molar refractivity (Wildman–Crippen MR) is 132 cm³/mol. The minimum absolute atomic E-state index is 0.114. The molecule has 1 amide bonds. The number of amides is 1. The second-order valence-electron chi connectivity index (χ2n) is 9.03. The number of nitrogen functional groups attached to an aromatic ring is 1. The van der Waals surface area contributed by atoms with Gasteiger partial charge in [-0.2, -0.15) is 13.2 Å². The first-order valence-electron chi connectivity index (χ1n) is 11.3. The first-order chi connectivity index (χ1) is 17.1. The van der Waals surface area contributed by atoms with Crippen LogP contribution in [-0.4, -0.2) is 42.8 Å². The average molecular weight is 563 g/mol. The van der Waals surface area contributed by atoms with Crippen LogP contribution in [0, 0.1) is 5.92 Å². The van der Waals surface area contributed by atoms with Crippen molar-refractivity contribution >= 4 is 55.4 Å². The summed E-state index contributed by atoms with van der Waals surface area (Å²) in [6.07, 6.45) is 0.741. The number of halogens is 4. The topological polar surface area (TPSA) is 119 Å². The molecule has 0 aliphatic heterocycles. The second kappa shape index (κ2) is 9.32. The molecule has 3 atom stereocenters. The highest BCUT2D eigenvalue weighted by atomic mass is 79.9. The summed E-state index contributed by atoms with van der Waals surface area (Å²) in [7, 11) is 0. The van der Waals surface area contributed by atoms with E-state index in [9.17, 15) is 23.1 Å². The summed E-state index contributed by atoms with van der Waals surface area (Å²) in [4.78, 5) is 23.9. The molecule has 1 aliphatic carbocycles. The number of nitrogens with one attached hydrogen (secondary N) is 1. The number of nitrogens with zero attached hydrogens (tertiary/aromatic N) is 4. The molecule has 4 aromatic rings. The molecular weight excluding hydrogens is 541 g/mol. The maximum Gasteiger partial charge on any atom is 0.471 e. The maximum atomic E-state index is 12.6. The lowest BCUT2D eigenvalue weighted by Crippen LogP contribution is -2.30. The lowest BCUT2D eigenvalue weighted by Gasteiger charge is -2.17. The SMILES string of the molecule is Nc1ncnc2c1ccn2[C@@H]1C[C@H](CCc2ccc3cc(Br)c(NC(=O)C(F)(F)F)nc3c2)C[C@H]1O. The van der Waals surface area contributed by atoms with E-state index in [1.54, 1.807) is 6.07 Å². The van der Waals surface area contributed by atoms with Gasteiger partial charge in [0.15, 0.2) is 0 Å². The number of nitrogens with two attached hydrogens (primary N) is 1. The Balaban J connectivity index is 1.29. The predicted octanol–water partition coefficient (Wildman–Crippen LogP) is 4.77. The molecule has 3 heterocycles. The van der Waals surface area contributed by atoms with Gasteiger partial charge in [0.2, 0.25) is 0 Å². The molecular formula is C24H22BrF3N6O2. The van der Waals surface area contributed by atoms with E-state index in [0.717, 1.165) is 29.2 Å². The van der Waals surface area contributed by atoms with Gasteiger partial charge in [-0.25, -0.2) is 15.0 Å². The van der Waals surface area contributed by atoms with Gasteiger partial charge in [-0.1, -0.05) is 12.1 Å². The molecule has 1 aromatic carbocycles. The van der Waals surface area contributed by atoms with Crippen LogP contribution in [0.25, 0.3) is 21.9 Å². The van der Waals surface area contributed by atoms with Crippen molar-refractivity contribution in [3.63, 3.8) is 0 Å². The van der Waals surface area contributed by atoms with E-state index in [1.165, 1.54) is 6.33 Å². The first kappa shape index (κ1) is 24.4. The van der Waals surface area contributed by atoms with Crippen molar-refractivity contribution in [1.29, 1.82) is 0 Å². The van der Waals surface area contributed by atoms with Gasteiger partial charge in [0.05, 0.1) is 27.5 Å². The molecule has 0 unspecified atom stereocenters. The Kier molecular flexibility index (Phi) is 6.33. The average Bonchev–Trinajstić information content (AvgIpc) is 3.41. The number of benzene rings is 1. The minimum atomic E-state index is -5.01. The van der Waals surface area contributed by atoms with Gasteiger partial charge in [-0.15, -0.1) is 0 Å². The number of aliphatic hydroxyl groups is 1. The van der Waals surface area contributed by atoms with Crippen LogP contribution in [0.2, 0.25) is 0 Å². The van der Waals surface area contributed by atoms with Crippen LogP contribution in [0.4, 0.5) is 24.8 Å². The molecule has 1 aliphatic rings. The molecule has 36 heavy (non-hydrogen) atoms. The normalized spacial score (nSPS) is 20.3. The van der Waals surface area contributed by atoms with E-state index in [2.05, 4.69) is 30.9 Å². The van der Waals surface area contributed by atoms with Crippen molar-refractivity contribution in [3.8, 4) is 0 Å². The zero-order valence-electron chi connectivity index (χ0n) is 18.8. The molecule has 188 valence electrons. The highest BCUT2D eigenvalue weighted by molar-refractivity contribution is 9.10. The molecule has 12 heteroatoms. The summed E-state index contributed by atoms with van der Waals surface area (Å²) in [5.74, 6) is -1.59. The van der Waals surface area contributed by atoms with E-state index in [4.69, 9.17) is 5.73 Å². The van der Waals surface area contributed by atoms with E-state index in [-0.39, 0.29) is 22.3 Å². The fourth-order valence-corrected chi connectivity index (χ4v) is 5.30. The lowest BCUT2D eigenvalue weighted by atomic mass is 9.97. The lowest BCUT2D eigenvalue weighted by molar-refractivity contribution is -0.167. The van der Waals surface area contributed by atoms with Crippen molar-refractivity contribution in [2.45, 2.75) is 44.0 Å². The van der Waals surface area contributed by atoms with E-state index >= 15 is 0 Å². The summed E-state index contributed by atoms with van der Waals surface area (Å²) >= 11 is 3.17. The second-order valence-corrected chi connectivity index (χ2v) is 9.88. The number of hydrogen-bond donors (Lipinski definition) is 3. The molecule has 5 rings (SSSR count). The van der Waals surface area contributed by atoms with Crippen LogP contribution < -0.4 is 11.1 Å². The number of anilines is 2. The van der Waals surface area contributed by atoms with E-state index in [1.807, 2.05) is 40.3 Å². The van der Waals surface area contributed by atoms with Gasteiger partial charge >= 0.3 is 12.1 Å². The monoisotopic (exact) mass is 562 g/mol. The Bertz CT molecular complexity index is 1460. The van der Waals surface area contributed by atoms with Gasteiger partial charge in [-0.05, 0) is 71.3 Å². The molecule has 0 bridgehead atoms.